The van der Waals surface area contributed by atoms with E-state index in [0.717, 1.165) is 16.8 Å². The molecule has 2 aromatic rings. The van der Waals surface area contributed by atoms with Crippen molar-refractivity contribution >= 4 is 21.8 Å². The van der Waals surface area contributed by atoms with E-state index in [9.17, 15) is 13.2 Å². The maximum atomic E-state index is 12.5. The normalized spacial score (nSPS) is 17.4. The zero-order valence-electron chi connectivity index (χ0n) is 15.0. The Hall–Kier alpha value is -2.38. The van der Waals surface area contributed by atoms with Crippen LogP contribution >= 0.6 is 0 Å². The van der Waals surface area contributed by atoms with E-state index in [-0.39, 0.29) is 11.4 Å². The number of carbonyl (C=O) groups excluding carboxylic acids is 1. The predicted molar refractivity (Wildman–Crippen MR) is 99.9 cm³/mol. The largest absolute Gasteiger partial charge is 0.443 e. The SMILES string of the molecule is Cc1ccc(N2CC(CNS(=O)(=O)c3ccccc3C)OC2=O)cc1C. The van der Waals surface area contributed by atoms with Crippen molar-refractivity contribution in [1.82, 2.24) is 4.72 Å². The van der Waals surface area contributed by atoms with Gasteiger partial charge in [-0.2, -0.15) is 0 Å². The number of ether oxygens (including phenoxy) is 1. The van der Waals surface area contributed by atoms with Gasteiger partial charge in [0.25, 0.3) is 0 Å². The number of nitrogens with zero attached hydrogens (tertiary/aromatic N) is 1. The summed E-state index contributed by atoms with van der Waals surface area (Å²) in [5, 5.41) is 0. The summed E-state index contributed by atoms with van der Waals surface area (Å²) >= 11 is 0. The number of hydrogen-bond acceptors (Lipinski definition) is 4. The average Bonchev–Trinajstić information content (AvgIpc) is 2.97. The first-order valence-electron chi connectivity index (χ1n) is 8.38. The molecule has 1 fully saturated rings. The van der Waals surface area contributed by atoms with Gasteiger partial charge in [0.2, 0.25) is 10.0 Å². The molecule has 1 aliphatic rings. The van der Waals surface area contributed by atoms with E-state index in [2.05, 4.69) is 4.72 Å². The van der Waals surface area contributed by atoms with Gasteiger partial charge in [-0.05, 0) is 55.7 Å². The Morgan fingerprint density at radius 2 is 1.81 bits per heavy atom. The molecule has 1 aliphatic heterocycles. The molecule has 0 aromatic heterocycles. The lowest BCUT2D eigenvalue weighted by Crippen LogP contribution is -2.34. The molecule has 1 amide bonds. The summed E-state index contributed by atoms with van der Waals surface area (Å²) < 4.78 is 32.8. The van der Waals surface area contributed by atoms with Crippen LogP contribution in [0.1, 0.15) is 16.7 Å². The molecule has 0 radical (unpaired) electrons. The number of nitrogens with one attached hydrogen (secondary N) is 1. The van der Waals surface area contributed by atoms with E-state index in [1.165, 1.54) is 4.90 Å². The summed E-state index contributed by atoms with van der Waals surface area (Å²) in [7, 11) is -3.65. The molecular weight excluding hydrogens is 352 g/mol. The van der Waals surface area contributed by atoms with Crippen LogP contribution in [0.25, 0.3) is 0 Å². The van der Waals surface area contributed by atoms with E-state index in [1.54, 1.807) is 31.2 Å². The van der Waals surface area contributed by atoms with E-state index in [0.29, 0.717) is 12.1 Å². The molecule has 1 saturated heterocycles. The van der Waals surface area contributed by atoms with E-state index in [1.807, 2.05) is 32.0 Å². The van der Waals surface area contributed by atoms with E-state index < -0.39 is 22.2 Å². The number of anilines is 1. The number of benzene rings is 2. The van der Waals surface area contributed by atoms with Crippen molar-refractivity contribution in [2.24, 2.45) is 0 Å². The number of carbonyl (C=O) groups is 1. The Balaban J connectivity index is 1.68. The summed E-state index contributed by atoms with van der Waals surface area (Å²) in [6.45, 7) is 6.06. The van der Waals surface area contributed by atoms with Gasteiger partial charge >= 0.3 is 6.09 Å². The summed E-state index contributed by atoms with van der Waals surface area (Å²) in [5.74, 6) is 0. The molecule has 1 heterocycles. The Kier molecular flexibility index (Phi) is 5.02. The van der Waals surface area contributed by atoms with Crippen molar-refractivity contribution in [1.29, 1.82) is 0 Å². The summed E-state index contributed by atoms with van der Waals surface area (Å²) in [5.41, 5.74) is 3.64. The number of sulfonamides is 1. The van der Waals surface area contributed by atoms with Crippen LogP contribution in [0.5, 0.6) is 0 Å². The van der Waals surface area contributed by atoms with E-state index >= 15 is 0 Å². The molecule has 0 aliphatic carbocycles. The van der Waals surface area contributed by atoms with Crippen LogP contribution in [0.4, 0.5) is 10.5 Å². The van der Waals surface area contributed by atoms with Gasteiger partial charge < -0.3 is 4.74 Å². The van der Waals surface area contributed by atoms with Gasteiger partial charge in [-0.1, -0.05) is 24.3 Å². The van der Waals surface area contributed by atoms with Gasteiger partial charge in [0.05, 0.1) is 11.4 Å². The van der Waals surface area contributed by atoms with Crippen molar-refractivity contribution in [3.05, 3.63) is 59.2 Å². The fourth-order valence-electron chi connectivity index (χ4n) is 2.87. The molecule has 1 N–H and O–H groups in total. The third kappa shape index (κ3) is 3.73. The van der Waals surface area contributed by atoms with Crippen LogP contribution in [-0.2, 0) is 14.8 Å². The number of hydrogen-bond donors (Lipinski definition) is 1. The van der Waals surface area contributed by atoms with Crippen LogP contribution in [-0.4, -0.2) is 33.7 Å². The average molecular weight is 374 g/mol. The van der Waals surface area contributed by atoms with Crippen LogP contribution in [0.3, 0.4) is 0 Å². The van der Waals surface area contributed by atoms with Gasteiger partial charge in [0.15, 0.2) is 0 Å². The van der Waals surface area contributed by atoms with Gasteiger partial charge in [-0.3, -0.25) is 4.90 Å². The minimum atomic E-state index is -3.65. The molecule has 7 heteroatoms. The second-order valence-electron chi connectivity index (χ2n) is 6.50. The first-order chi connectivity index (χ1) is 12.3. The monoisotopic (exact) mass is 374 g/mol. The Labute approximate surface area is 153 Å². The molecule has 138 valence electrons. The van der Waals surface area contributed by atoms with Gasteiger partial charge in [-0.15, -0.1) is 0 Å². The topological polar surface area (TPSA) is 75.7 Å². The number of amides is 1. The van der Waals surface area contributed by atoms with Crippen molar-refractivity contribution in [2.45, 2.75) is 31.8 Å². The number of cyclic esters (lactones) is 1. The quantitative estimate of drug-likeness (QED) is 0.873. The Morgan fingerprint density at radius 3 is 2.50 bits per heavy atom. The highest BCUT2D eigenvalue weighted by atomic mass is 32.2. The second kappa shape index (κ2) is 7.09. The molecule has 0 bridgehead atoms. The van der Waals surface area contributed by atoms with E-state index in [4.69, 9.17) is 4.74 Å². The standard InChI is InChI=1S/C19H22N2O4S/c1-13-8-9-16(10-15(13)3)21-12-17(25-19(21)22)11-20-26(23,24)18-7-5-4-6-14(18)2/h4-10,17,20H,11-12H2,1-3H3. The molecule has 3 rings (SSSR count). The Bertz CT molecular complexity index is 940. The fraction of sp³-hybridized carbons (Fsp3) is 0.316. The van der Waals surface area contributed by atoms with Crippen LogP contribution in [0.2, 0.25) is 0 Å². The minimum absolute atomic E-state index is 0.0315. The number of aryl methyl sites for hydroxylation is 3. The first-order valence-corrected chi connectivity index (χ1v) is 9.87. The maximum absolute atomic E-state index is 12.5. The number of rotatable bonds is 5. The molecule has 2 aromatic carbocycles. The third-order valence-corrected chi connectivity index (χ3v) is 6.14. The minimum Gasteiger partial charge on any atom is -0.443 e. The van der Waals surface area contributed by atoms with Gasteiger partial charge in [-0.25, -0.2) is 17.9 Å². The summed E-state index contributed by atoms with van der Waals surface area (Å²) in [6, 6.07) is 12.5. The highest BCUT2D eigenvalue weighted by Crippen LogP contribution is 2.24. The molecule has 0 saturated carbocycles. The van der Waals surface area contributed by atoms with Gasteiger partial charge in [0.1, 0.15) is 6.10 Å². The molecule has 0 spiro atoms. The lowest BCUT2D eigenvalue weighted by Gasteiger charge is -2.15. The van der Waals surface area contributed by atoms with Gasteiger partial charge in [0, 0.05) is 12.2 Å². The fourth-order valence-corrected chi connectivity index (χ4v) is 4.18. The second-order valence-corrected chi connectivity index (χ2v) is 8.24. The zero-order valence-corrected chi connectivity index (χ0v) is 15.8. The molecule has 1 atom stereocenters. The van der Waals surface area contributed by atoms with Crippen molar-refractivity contribution in [3.8, 4) is 0 Å². The summed E-state index contributed by atoms with van der Waals surface area (Å²) in [4.78, 5) is 13.9. The van der Waals surface area contributed by atoms with Crippen LogP contribution in [0, 0.1) is 20.8 Å². The zero-order chi connectivity index (χ0) is 18.9. The van der Waals surface area contributed by atoms with Crippen molar-refractivity contribution in [3.63, 3.8) is 0 Å². The van der Waals surface area contributed by atoms with Crippen LogP contribution < -0.4 is 9.62 Å². The highest BCUT2D eigenvalue weighted by Gasteiger charge is 2.33. The smallest absolute Gasteiger partial charge is 0.414 e. The molecule has 1 unspecified atom stereocenters. The molecule has 26 heavy (non-hydrogen) atoms. The summed E-state index contributed by atoms with van der Waals surface area (Å²) in [6.07, 6.45) is -1.00. The predicted octanol–water partition coefficient (Wildman–Crippen LogP) is 2.92. The lowest BCUT2D eigenvalue weighted by molar-refractivity contribution is 0.143. The van der Waals surface area contributed by atoms with Crippen molar-refractivity contribution < 1.29 is 17.9 Å². The molecule has 6 nitrogen and oxygen atoms in total. The van der Waals surface area contributed by atoms with Crippen LogP contribution in [0.15, 0.2) is 47.4 Å². The Morgan fingerprint density at radius 1 is 1.08 bits per heavy atom. The highest BCUT2D eigenvalue weighted by molar-refractivity contribution is 7.89. The lowest BCUT2D eigenvalue weighted by atomic mass is 10.1. The first kappa shape index (κ1) is 18.4. The maximum Gasteiger partial charge on any atom is 0.414 e. The van der Waals surface area contributed by atoms with Crippen molar-refractivity contribution in [2.75, 3.05) is 18.0 Å². The third-order valence-electron chi connectivity index (χ3n) is 4.56. The molecular formula is C19H22N2O4S.